The summed E-state index contributed by atoms with van der Waals surface area (Å²) in [7, 11) is 0. The fraction of sp³-hybridized carbons (Fsp3) is 0.280. The molecule has 0 bridgehead atoms. The molecule has 3 N–H and O–H groups in total. The fourth-order valence-corrected chi connectivity index (χ4v) is 4.52. The van der Waals surface area contributed by atoms with Gasteiger partial charge in [-0.05, 0) is 56.5 Å². The number of thiophene rings is 1. The maximum Gasteiger partial charge on any atom is 0.347 e. The van der Waals surface area contributed by atoms with Crippen molar-refractivity contribution >= 4 is 40.8 Å². The van der Waals surface area contributed by atoms with E-state index in [0.717, 1.165) is 10.4 Å². The first-order valence-electron chi connectivity index (χ1n) is 10.7. The summed E-state index contributed by atoms with van der Waals surface area (Å²) in [6, 6.07) is 15.7. The van der Waals surface area contributed by atoms with Gasteiger partial charge in [-0.15, -0.1) is 11.3 Å². The van der Waals surface area contributed by atoms with E-state index in [0.29, 0.717) is 16.5 Å². The molecule has 3 rings (SSSR count). The number of rotatable bonds is 10. The Kier molecular flexibility index (Phi) is 8.55. The number of hydrogen-bond donors (Lipinski definition) is 2. The van der Waals surface area contributed by atoms with Gasteiger partial charge >= 0.3 is 11.9 Å². The molecule has 0 spiro atoms. The van der Waals surface area contributed by atoms with Crippen LogP contribution in [0.25, 0.3) is 10.6 Å². The number of benzene rings is 1. The molecule has 0 fully saturated rings. The Bertz CT molecular complexity index is 1150. The number of carbonyl (C=O) groups excluding carboxylic acids is 3. The van der Waals surface area contributed by atoms with Crippen molar-refractivity contribution in [2.45, 2.75) is 44.7 Å². The van der Waals surface area contributed by atoms with Crippen LogP contribution in [-0.2, 0) is 20.7 Å². The molecule has 1 aromatic carbocycles. The molecule has 0 aliphatic carbocycles. The highest BCUT2D eigenvalue weighted by atomic mass is 35.5. The van der Waals surface area contributed by atoms with Gasteiger partial charge in [0, 0.05) is 18.2 Å². The fourth-order valence-electron chi connectivity index (χ4n) is 3.50. The zero-order valence-electron chi connectivity index (χ0n) is 18.9. The van der Waals surface area contributed by atoms with E-state index in [9.17, 15) is 14.4 Å². The molecule has 3 aromatic rings. The SMILES string of the molecule is CC(C)(Cc1ccccc1)N[C@@H](CCC(N)=O)C(=O)OC(=O)c1ccc(-c2ccc(Cl)s2)nc1. The van der Waals surface area contributed by atoms with Crippen LogP contribution in [0, 0.1) is 0 Å². The van der Waals surface area contributed by atoms with Crippen LogP contribution in [0.3, 0.4) is 0 Å². The monoisotopic (exact) mass is 499 g/mol. The zero-order chi connectivity index (χ0) is 24.7. The summed E-state index contributed by atoms with van der Waals surface area (Å²) in [5, 5.41) is 3.23. The average Bonchev–Trinajstić information content (AvgIpc) is 3.23. The van der Waals surface area contributed by atoms with Crippen LogP contribution in [0.5, 0.6) is 0 Å². The van der Waals surface area contributed by atoms with Crippen LogP contribution in [0.4, 0.5) is 0 Å². The first-order chi connectivity index (χ1) is 16.1. The topological polar surface area (TPSA) is 111 Å². The molecule has 0 radical (unpaired) electrons. The maximum atomic E-state index is 12.9. The van der Waals surface area contributed by atoms with Gasteiger partial charge in [-0.2, -0.15) is 0 Å². The zero-order valence-corrected chi connectivity index (χ0v) is 20.5. The molecule has 34 heavy (non-hydrogen) atoms. The first kappa shape index (κ1) is 25.6. The Morgan fingerprint density at radius 2 is 1.85 bits per heavy atom. The second-order valence-electron chi connectivity index (χ2n) is 8.49. The van der Waals surface area contributed by atoms with Gasteiger partial charge in [-0.3, -0.25) is 15.1 Å². The number of pyridine rings is 1. The second-order valence-corrected chi connectivity index (χ2v) is 10.2. The van der Waals surface area contributed by atoms with Gasteiger partial charge in [0.1, 0.15) is 6.04 Å². The lowest BCUT2D eigenvalue weighted by molar-refractivity contribution is -0.141. The lowest BCUT2D eigenvalue weighted by Crippen LogP contribution is -2.51. The minimum atomic E-state index is -0.893. The van der Waals surface area contributed by atoms with Crippen molar-refractivity contribution in [1.82, 2.24) is 10.3 Å². The summed E-state index contributed by atoms with van der Waals surface area (Å²) >= 11 is 7.33. The summed E-state index contributed by atoms with van der Waals surface area (Å²) in [6.07, 6.45) is 2.06. The van der Waals surface area contributed by atoms with E-state index in [4.69, 9.17) is 22.1 Å². The predicted octanol–water partition coefficient (Wildman–Crippen LogP) is 4.39. The number of primary amides is 1. The van der Waals surface area contributed by atoms with Crippen LogP contribution in [0.1, 0.15) is 42.6 Å². The van der Waals surface area contributed by atoms with Gasteiger partial charge in [0.2, 0.25) is 5.91 Å². The maximum absolute atomic E-state index is 12.9. The van der Waals surface area contributed by atoms with Gasteiger partial charge in [0.05, 0.1) is 20.5 Å². The van der Waals surface area contributed by atoms with Crippen molar-refractivity contribution in [2.24, 2.45) is 5.73 Å². The van der Waals surface area contributed by atoms with Gasteiger partial charge in [-0.25, -0.2) is 9.59 Å². The van der Waals surface area contributed by atoms with E-state index in [-0.39, 0.29) is 18.4 Å². The third kappa shape index (κ3) is 7.48. The van der Waals surface area contributed by atoms with Crippen molar-refractivity contribution in [3.05, 3.63) is 76.3 Å². The molecule has 7 nitrogen and oxygen atoms in total. The summed E-state index contributed by atoms with van der Waals surface area (Å²) in [5.41, 5.74) is 6.64. The largest absolute Gasteiger partial charge is 0.388 e. The van der Waals surface area contributed by atoms with E-state index in [1.165, 1.54) is 23.6 Å². The molecule has 2 heterocycles. The minimum absolute atomic E-state index is 0.0258. The Morgan fingerprint density at radius 1 is 1.12 bits per heavy atom. The number of nitrogens with zero attached hydrogens (tertiary/aromatic N) is 1. The quantitative estimate of drug-likeness (QED) is 0.316. The standard InChI is InChI=1S/C25H26ClN3O4S/c1-25(2,14-16-6-4-3-5-7-16)29-19(10-13-22(27)30)24(32)33-23(31)17-8-9-18(28-15-17)20-11-12-21(26)34-20/h3-9,11-12,15,19,29H,10,13-14H2,1-2H3,(H2,27,30)/t19-/m0/s1. The van der Waals surface area contributed by atoms with Crippen LogP contribution in [0.2, 0.25) is 4.34 Å². The molecule has 0 saturated carbocycles. The number of aromatic nitrogens is 1. The number of amides is 1. The number of carbonyl (C=O) groups is 3. The second kappa shape index (κ2) is 11.4. The first-order valence-corrected chi connectivity index (χ1v) is 11.9. The Morgan fingerprint density at radius 3 is 2.44 bits per heavy atom. The lowest BCUT2D eigenvalue weighted by atomic mass is 9.93. The molecule has 0 aliphatic heterocycles. The molecular formula is C25H26ClN3O4S. The predicted molar refractivity (Wildman–Crippen MR) is 133 cm³/mol. The molecular weight excluding hydrogens is 474 g/mol. The Labute approximate surface area is 207 Å². The van der Waals surface area contributed by atoms with E-state index in [1.807, 2.05) is 50.2 Å². The van der Waals surface area contributed by atoms with Crippen molar-refractivity contribution in [1.29, 1.82) is 0 Å². The third-order valence-electron chi connectivity index (χ3n) is 5.04. The van der Waals surface area contributed by atoms with E-state index in [1.54, 1.807) is 12.1 Å². The van der Waals surface area contributed by atoms with Crippen molar-refractivity contribution in [2.75, 3.05) is 0 Å². The Hall–Kier alpha value is -3.07. The molecule has 0 unspecified atom stereocenters. The van der Waals surface area contributed by atoms with Crippen molar-refractivity contribution < 1.29 is 19.1 Å². The van der Waals surface area contributed by atoms with E-state index in [2.05, 4.69) is 10.3 Å². The lowest BCUT2D eigenvalue weighted by Gasteiger charge is -2.31. The summed E-state index contributed by atoms with van der Waals surface area (Å²) in [4.78, 5) is 41.9. The highest BCUT2D eigenvalue weighted by molar-refractivity contribution is 7.19. The molecule has 178 valence electrons. The molecule has 2 aromatic heterocycles. The van der Waals surface area contributed by atoms with E-state index < -0.39 is 29.4 Å². The molecule has 0 aliphatic rings. The van der Waals surface area contributed by atoms with Crippen molar-refractivity contribution in [3.63, 3.8) is 0 Å². The van der Waals surface area contributed by atoms with Crippen LogP contribution >= 0.6 is 22.9 Å². The average molecular weight is 500 g/mol. The van der Waals surface area contributed by atoms with E-state index >= 15 is 0 Å². The number of esters is 2. The highest BCUT2D eigenvalue weighted by Gasteiger charge is 2.30. The molecule has 9 heteroatoms. The summed E-state index contributed by atoms with van der Waals surface area (Å²) < 4.78 is 5.76. The third-order valence-corrected chi connectivity index (χ3v) is 6.29. The van der Waals surface area contributed by atoms with Gasteiger partial charge in [0.15, 0.2) is 0 Å². The number of ether oxygens (including phenoxy) is 1. The van der Waals surface area contributed by atoms with Gasteiger partial charge in [0.25, 0.3) is 0 Å². The highest BCUT2D eigenvalue weighted by Crippen LogP contribution is 2.29. The smallest absolute Gasteiger partial charge is 0.347 e. The number of hydrogen-bond acceptors (Lipinski definition) is 7. The van der Waals surface area contributed by atoms with Crippen molar-refractivity contribution in [3.8, 4) is 10.6 Å². The van der Waals surface area contributed by atoms with Gasteiger partial charge < -0.3 is 10.5 Å². The molecule has 1 amide bonds. The van der Waals surface area contributed by atoms with Crippen LogP contribution in [0.15, 0.2) is 60.8 Å². The number of nitrogens with two attached hydrogens (primary N) is 1. The number of halogens is 1. The normalized spacial score (nSPS) is 12.2. The Balaban J connectivity index is 1.68. The van der Waals surface area contributed by atoms with Crippen LogP contribution in [-0.4, -0.2) is 34.4 Å². The molecule has 1 atom stereocenters. The minimum Gasteiger partial charge on any atom is -0.388 e. The summed E-state index contributed by atoms with van der Waals surface area (Å²) in [5.74, 6) is -2.14. The van der Waals surface area contributed by atoms with Gasteiger partial charge in [-0.1, -0.05) is 41.9 Å². The van der Waals surface area contributed by atoms with Crippen LogP contribution < -0.4 is 11.1 Å². The number of nitrogens with one attached hydrogen (secondary N) is 1. The molecule has 0 saturated heterocycles. The summed E-state index contributed by atoms with van der Waals surface area (Å²) in [6.45, 7) is 3.87.